The van der Waals surface area contributed by atoms with Crippen molar-refractivity contribution in [1.29, 1.82) is 0 Å². The van der Waals surface area contributed by atoms with Crippen LogP contribution >= 0.6 is 11.3 Å². The van der Waals surface area contributed by atoms with E-state index in [1.165, 1.54) is 11.3 Å². The van der Waals surface area contributed by atoms with Crippen molar-refractivity contribution in [1.82, 2.24) is 10.2 Å². The lowest BCUT2D eigenvalue weighted by Gasteiger charge is -2.14. The second-order valence-corrected chi connectivity index (χ2v) is 8.71. The van der Waals surface area contributed by atoms with Crippen LogP contribution in [0.15, 0.2) is 30.3 Å². The van der Waals surface area contributed by atoms with Crippen molar-refractivity contribution in [2.45, 2.75) is 31.9 Å². The minimum Gasteiger partial charge on any atom is -0.325 e. The molecule has 8 nitrogen and oxygen atoms in total. The van der Waals surface area contributed by atoms with Gasteiger partial charge in [0.25, 0.3) is 0 Å². The van der Waals surface area contributed by atoms with E-state index in [9.17, 15) is 18.0 Å². The zero-order chi connectivity index (χ0) is 19.2. The molecule has 1 aromatic carbocycles. The SMILES string of the molecule is CCc1nnc(NC(=O)C(CC)S(=O)(=O)CC(=O)Nc2ccccc2)s1. The number of nitrogens with one attached hydrogen (secondary N) is 2. The normalized spacial score (nSPS) is 12.4. The van der Waals surface area contributed by atoms with Gasteiger partial charge < -0.3 is 5.32 Å². The molecule has 0 aliphatic carbocycles. The number of amides is 2. The van der Waals surface area contributed by atoms with Gasteiger partial charge >= 0.3 is 0 Å². The van der Waals surface area contributed by atoms with Crippen LogP contribution in [0.5, 0.6) is 0 Å². The van der Waals surface area contributed by atoms with Crippen molar-refractivity contribution in [3.8, 4) is 0 Å². The number of hydrogen-bond donors (Lipinski definition) is 2. The van der Waals surface area contributed by atoms with Crippen LogP contribution in [0.4, 0.5) is 10.8 Å². The monoisotopic (exact) mass is 396 g/mol. The first-order valence-corrected chi connectivity index (χ1v) is 10.6. The summed E-state index contributed by atoms with van der Waals surface area (Å²) in [5.74, 6) is -2.17. The van der Waals surface area contributed by atoms with Crippen LogP contribution in [0.3, 0.4) is 0 Å². The maximum atomic E-state index is 12.5. The Kier molecular flexibility index (Phi) is 6.81. The van der Waals surface area contributed by atoms with Crippen molar-refractivity contribution >= 4 is 43.8 Å². The van der Waals surface area contributed by atoms with Gasteiger partial charge in [0.05, 0.1) is 0 Å². The van der Waals surface area contributed by atoms with Gasteiger partial charge in [0.15, 0.2) is 9.84 Å². The number of rotatable bonds is 8. The Labute approximate surface area is 156 Å². The van der Waals surface area contributed by atoms with Crippen molar-refractivity contribution in [3.05, 3.63) is 35.3 Å². The third-order valence-electron chi connectivity index (χ3n) is 3.49. The second-order valence-electron chi connectivity index (χ2n) is 5.46. The lowest BCUT2D eigenvalue weighted by Crippen LogP contribution is -2.39. The quantitative estimate of drug-likeness (QED) is 0.703. The van der Waals surface area contributed by atoms with E-state index in [0.717, 1.165) is 5.01 Å². The number of nitrogens with zero attached hydrogens (tertiary/aromatic N) is 2. The van der Waals surface area contributed by atoms with Crippen LogP contribution in [0.2, 0.25) is 0 Å². The van der Waals surface area contributed by atoms with Crippen LogP contribution in [0.1, 0.15) is 25.3 Å². The fourth-order valence-electron chi connectivity index (χ4n) is 2.24. The molecule has 0 radical (unpaired) electrons. The summed E-state index contributed by atoms with van der Waals surface area (Å²) in [6.07, 6.45) is 0.717. The minimum absolute atomic E-state index is 0.0478. The molecule has 1 aromatic heterocycles. The number of hydrogen-bond acceptors (Lipinski definition) is 7. The van der Waals surface area contributed by atoms with Gasteiger partial charge in [-0.15, -0.1) is 10.2 Å². The lowest BCUT2D eigenvalue weighted by atomic mass is 10.3. The van der Waals surface area contributed by atoms with Crippen LogP contribution in [0.25, 0.3) is 0 Å². The first kappa shape index (κ1) is 20.0. The summed E-state index contributed by atoms with van der Waals surface area (Å²) in [6.45, 7) is 3.48. The summed E-state index contributed by atoms with van der Waals surface area (Å²) in [6, 6.07) is 8.52. The minimum atomic E-state index is -3.98. The van der Waals surface area contributed by atoms with Gasteiger partial charge in [0, 0.05) is 5.69 Å². The molecular weight excluding hydrogens is 376 g/mol. The van der Waals surface area contributed by atoms with Crippen LogP contribution < -0.4 is 10.6 Å². The molecule has 0 bridgehead atoms. The van der Waals surface area contributed by atoms with Gasteiger partial charge in [-0.3, -0.25) is 14.9 Å². The number of carbonyl (C=O) groups excluding carboxylic acids is 2. The third-order valence-corrected chi connectivity index (χ3v) is 6.55. The van der Waals surface area contributed by atoms with Crippen molar-refractivity contribution < 1.29 is 18.0 Å². The molecule has 1 unspecified atom stereocenters. The number of benzene rings is 1. The molecule has 140 valence electrons. The number of aryl methyl sites for hydroxylation is 1. The Balaban J connectivity index is 2.03. The molecule has 0 saturated carbocycles. The smallest absolute Gasteiger partial charge is 0.244 e. The zero-order valence-electron chi connectivity index (χ0n) is 14.4. The Morgan fingerprint density at radius 1 is 1.12 bits per heavy atom. The number of carbonyl (C=O) groups is 2. The summed E-state index contributed by atoms with van der Waals surface area (Å²) in [7, 11) is -3.98. The van der Waals surface area contributed by atoms with Crippen LogP contribution in [-0.4, -0.2) is 41.4 Å². The largest absolute Gasteiger partial charge is 0.325 e. The maximum absolute atomic E-state index is 12.5. The maximum Gasteiger partial charge on any atom is 0.244 e. The van der Waals surface area contributed by atoms with Gasteiger partial charge in [-0.05, 0) is 25.0 Å². The topological polar surface area (TPSA) is 118 Å². The highest BCUT2D eigenvalue weighted by Crippen LogP contribution is 2.18. The van der Waals surface area contributed by atoms with E-state index < -0.39 is 32.7 Å². The molecule has 2 aromatic rings. The number of sulfone groups is 1. The fraction of sp³-hybridized carbons (Fsp3) is 0.375. The molecule has 0 aliphatic heterocycles. The molecule has 1 heterocycles. The molecule has 0 fully saturated rings. The van der Waals surface area contributed by atoms with Gasteiger partial charge in [-0.1, -0.05) is 43.4 Å². The predicted octanol–water partition coefficient (Wildman–Crippen LogP) is 1.87. The second kappa shape index (κ2) is 8.86. The molecular formula is C16H20N4O4S2. The zero-order valence-corrected chi connectivity index (χ0v) is 16.1. The summed E-state index contributed by atoms with van der Waals surface area (Å²) < 4.78 is 25.0. The van der Waals surface area contributed by atoms with E-state index in [-0.39, 0.29) is 11.6 Å². The van der Waals surface area contributed by atoms with E-state index in [1.807, 2.05) is 6.92 Å². The molecule has 2 rings (SSSR count). The number of anilines is 2. The molecule has 2 amide bonds. The van der Waals surface area contributed by atoms with E-state index in [4.69, 9.17) is 0 Å². The van der Waals surface area contributed by atoms with E-state index in [0.29, 0.717) is 12.1 Å². The van der Waals surface area contributed by atoms with Crippen molar-refractivity contribution in [3.63, 3.8) is 0 Å². The highest BCUT2D eigenvalue weighted by molar-refractivity contribution is 7.93. The Bertz CT molecular complexity index is 865. The van der Waals surface area contributed by atoms with Gasteiger partial charge in [-0.25, -0.2) is 8.42 Å². The Morgan fingerprint density at radius 2 is 1.81 bits per heavy atom. The first-order chi connectivity index (χ1) is 12.4. The van der Waals surface area contributed by atoms with Crippen LogP contribution in [-0.2, 0) is 25.8 Å². The predicted molar refractivity (Wildman–Crippen MR) is 101 cm³/mol. The highest BCUT2D eigenvalue weighted by atomic mass is 32.2. The van der Waals surface area contributed by atoms with Crippen LogP contribution in [0, 0.1) is 0 Å². The summed E-state index contributed by atoms with van der Waals surface area (Å²) >= 11 is 1.19. The fourth-order valence-corrected chi connectivity index (χ4v) is 4.45. The van der Waals surface area contributed by atoms with Crippen molar-refractivity contribution in [2.24, 2.45) is 0 Å². The number of aromatic nitrogens is 2. The van der Waals surface area contributed by atoms with Gasteiger partial charge in [-0.2, -0.15) is 0 Å². The average molecular weight is 396 g/mol. The van der Waals surface area contributed by atoms with E-state index in [1.54, 1.807) is 37.3 Å². The molecule has 26 heavy (non-hydrogen) atoms. The van der Waals surface area contributed by atoms with E-state index in [2.05, 4.69) is 20.8 Å². The average Bonchev–Trinajstić information content (AvgIpc) is 3.02. The van der Waals surface area contributed by atoms with Crippen molar-refractivity contribution in [2.75, 3.05) is 16.4 Å². The molecule has 0 saturated heterocycles. The molecule has 10 heteroatoms. The first-order valence-electron chi connectivity index (χ1n) is 8.05. The molecule has 0 aliphatic rings. The lowest BCUT2D eigenvalue weighted by molar-refractivity contribution is -0.115. The van der Waals surface area contributed by atoms with Gasteiger partial charge in [0.1, 0.15) is 16.0 Å². The summed E-state index contributed by atoms with van der Waals surface area (Å²) in [5, 5.41) is 12.3. The summed E-state index contributed by atoms with van der Waals surface area (Å²) in [4.78, 5) is 24.4. The molecule has 1 atom stereocenters. The highest BCUT2D eigenvalue weighted by Gasteiger charge is 2.33. The standard InChI is InChI=1S/C16H20N4O4S2/c1-3-12(15(22)18-16-20-19-14(4-2)25-16)26(23,24)10-13(21)17-11-8-6-5-7-9-11/h5-9,12H,3-4,10H2,1-2H3,(H,17,21)(H,18,20,22). The number of para-hydroxylation sites is 1. The van der Waals surface area contributed by atoms with Gasteiger partial charge in [0.2, 0.25) is 16.9 Å². The molecule has 0 spiro atoms. The Morgan fingerprint density at radius 3 is 2.38 bits per heavy atom. The third kappa shape index (κ3) is 5.33. The summed E-state index contributed by atoms with van der Waals surface area (Å²) in [5.41, 5.74) is 0.492. The van der Waals surface area contributed by atoms with E-state index >= 15 is 0 Å². The molecule has 2 N–H and O–H groups in total. The Hall–Kier alpha value is -2.33.